The Hall–Kier alpha value is -2.67. The Morgan fingerprint density at radius 2 is 1.68 bits per heavy atom. The summed E-state index contributed by atoms with van der Waals surface area (Å²) in [6.45, 7) is 7.32. The van der Waals surface area contributed by atoms with Crippen LogP contribution in [0.15, 0.2) is 65.1 Å². The van der Waals surface area contributed by atoms with Gasteiger partial charge in [0.05, 0.1) is 21.4 Å². The van der Waals surface area contributed by atoms with Crippen molar-refractivity contribution < 1.29 is 14.2 Å². The fourth-order valence-corrected chi connectivity index (χ4v) is 4.46. The molecule has 6 heteroatoms. The average Bonchev–Trinajstić information content (AvgIpc) is 3.30. The third-order valence-corrected chi connectivity index (χ3v) is 7.21. The Kier molecular flexibility index (Phi) is 4.70. The number of benzene rings is 3. The molecule has 5 rings (SSSR count). The van der Waals surface area contributed by atoms with E-state index in [0.717, 1.165) is 48.2 Å². The van der Waals surface area contributed by atoms with Gasteiger partial charge >= 0.3 is 7.48 Å². The van der Waals surface area contributed by atoms with Gasteiger partial charge in [-0.05, 0) is 45.3 Å². The largest absolute Gasteiger partial charge is 0.456 e. The summed E-state index contributed by atoms with van der Waals surface area (Å²) < 4.78 is 13.3. The molecule has 0 spiro atoms. The third kappa shape index (κ3) is 3.65. The molecule has 0 aliphatic carbocycles. The summed E-state index contributed by atoms with van der Waals surface area (Å²) in [7, 11) is 0.404. The Labute approximate surface area is 185 Å². The number of hydrogen-bond acceptors (Lipinski definition) is 5. The van der Waals surface area contributed by atoms with Crippen LogP contribution in [0.5, 0.6) is 0 Å². The second-order valence-corrected chi connectivity index (χ2v) is 10.0. The summed E-state index contributed by atoms with van der Waals surface area (Å²) in [4.78, 5) is 4.85. The first kappa shape index (κ1) is 20.2. The van der Waals surface area contributed by atoms with Gasteiger partial charge in [-0.1, -0.05) is 42.5 Å². The average molecular weight is 429 g/mol. The van der Waals surface area contributed by atoms with Crippen molar-refractivity contribution in [1.29, 1.82) is 0 Å². The van der Waals surface area contributed by atoms with Crippen LogP contribution in [0.1, 0.15) is 27.7 Å². The van der Waals surface area contributed by atoms with Gasteiger partial charge in [0, 0.05) is 22.4 Å². The summed E-state index contributed by atoms with van der Waals surface area (Å²) in [5, 5.41) is 13.5. The van der Waals surface area contributed by atoms with E-state index in [1.54, 1.807) is 25.2 Å². The Morgan fingerprint density at radius 1 is 0.935 bits per heavy atom. The molecule has 0 atom stereocenters. The van der Waals surface area contributed by atoms with Gasteiger partial charge in [0.1, 0.15) is 16.2 Å². The molecule has 0 bridgehead atoms. The molecule has 2 heterocycles. The molecular weight excluding hydrogens is 405 g/mol. The van der Waals surface area contributed by atoms with Gasteiger partial charge in [-0.2, -0.15) is 0 Å². The van der Waals surface area contributed by atoms with E-state index in [0.29, 0.717) is 7.48 Å². The first-order chi connectivity index (χ1) is 14.7. The van der Waals surface area contributed by atoms with Crippen molar-refractivity contribution in [3.8, 4) is 10.6 Å². The molecule has 156 valence electrons. The van der Waals surface area contributed by atoms with Crippen molar-refractivity contribution in [1.82, 2.24) is 4.98 Å². The molecule has 0 aliphatic rings. The maximum absolute atomic E-state index is 10.3. The topological polar surface area (TPSA) is 55.5 Å². The fourth-order valence-electron chi connectivity index (χ4n) is 3.48. The third-order valence-electron chi connectivity index (χ3n) is 6.14. The minimum atomic E-state index is -0.937. The number of hydrogen-bond donors (Lipinski definition) is 1. The molecule has 2 aromatic heterocycles. The highest BCUT2D eigenvalue weighted by Gasteiger charge is 2.35. The first-order valence-corrected chi connectivity index (χ1v) is 11.2. The van der Waals surface area contributed by atoms with Gasteiger partial charge in [0.15, 0.2) is 0 Å². The number of rotatable bonds is 5. The highest BCUT2D eigenvalue weighted by molar-refractivity contribution is 7.21. The van der Waals surface area contributed by atoms with Crippen LogP contribution in [-0.2, 0) is 4.65 Å². The van der Waals surface area contributed by atoms with E-state index in [1.165, 1.54) is 0 Å². The van der Waals surface area contributed by atoms with Crippen molar-refractivity contribution in [3.05, 3.63) is 60.7 Å². The highest BCUT2D eigenvalue weighted by atomic mass is 32.1. The number of fused-ring (bicyclic) bond motifs is 4. The molecule has 0 saturated carbocycles. The van der Waals surface area contributed by atoms with Crippen molar-refractivity contribution in [2.24, 2.45) is 0 Å². The van der Waals surface area contributed by atoms with E-state index in [9.17, 15) is 5.11 Å². The normalized spacial score (nSPS) is 12.8. The second-order valence-electron chi connectivity index (χ2n) is 8.99. The summed E-state index contributed by atoms with van der Waals surface area (Å²) in [5.74, 6) is 0. The smallest absolute Gasteiger partial charge is 0.309 e. The van der Waals surface area contributed by atoms with E-state index in [2.05, 4.69) is 36.4 Å². The fraction of sp³-hybridized carbons (Fsp3) is 0.240. The van der Waals surface area contributed by atoms with Gasteiger partial charge in [-0.3, -0.25) is 0 Å². The van der Waals surface area contributed by atoms with E-state index >= 15 is 0 Å². The van der Waals surface area contributed by atoms with Crippen LogP contribution in [-0.4, -0.2) is 28.8 Å². The zero-order chi connectivity index (χ0) is 21.8. The monoisotopic (exact) mass is 429 g/mol. The number of nitrogens with zero attached hydrogens (tertiary/aromatic N) is 1. The molecule has 3 aromatic carbocycles. The Bertz CT molecular complexity index is 1400. The maximum atomic E-state index is 10.3. The van der Waals surface area contributed by atoms with Gasteiger partial charge in [0.2, 0.25) is 0 Å². The lowest BCUT2D eigenvalue weighted by molar-refractivity contribution is -0.0893. The van der Waals surface area contributed by atoms with E-state index in [-0.39, 0.29) is 0 Å². The molecule has 0 amide bonds. The van der Waals surface area contributed by atoms with Crippen molar-refractivity contribution in [3.63, 3.8) is 0 Å². The lowest BCUT2D eigenvalue weighted by atomic mass is 9.82. The number of aliphatic hydroxyl groups is 1. The standard InChI is InChI=1S/C25H24BNO3S/c1-24(2,28)25(3,4)30-26-16-10-11-17-18-13-19-22(14-21(18)29-20(17)12-16)31-23(27-19)15-8-6-5-7-9-15/h5-14,26,28H,1-4H3. The van der Waals surface area contributed by atoms with E-state index in [4.69, 9.17) is 14.1 Å². The van der Waals surface area contributed by atoms with Gasteiger partial charge in [-0.15, -0.1) is 11.3 Å². The zero-order valence-corrected chi connectivity index (χ0v) is 18.9. The van der Waals surface area contributed by atoms with Crippen LogP contribution in [0.2, 0.25) is 0 Å². The van der Waals surface area contributed by atoms with E-state index < -0.39 is 11.2 Å². The quantitative estimate of drug-likeness (QED) is 0.380. The lowest BCUT2D eigenvalue weighted by Crippen LogP contribution is -2.49. The predicted molar refractivity (Wildman–Crippen MR) is 131 cm³/mol. The molecule has 0 aliphatic heterocycles. The minimum Gasteiger partial charge on any atom is -0.456 e. The molecule has 4 nitrogen and oxygen atoms in total. The van der Waals surface area contributed by atoms with Crippen LogP contribution >= 0.6 is 11.3 Å². The first-order valence-electron chi connectivity index (χ1n) is 10.4. The molecule has 5 aromatic rings. The van der Waals surface area contributed by atoms with Gasteiger partial charge < -0.3 is 14.2 Å². The minimum absolute atomic E-state index is 0.404. The van der Waals surface area contributed by atoms with E-state index in [1.807, 2.05) is 38.1 Å². The summed E-state index contributed by atoms with van der Waals surface area (Å²) in [6.07, 6.45) is 0. The number of thiazole rings is 1. The molecule has 31 heavy (non-hydrogen) atoms. The molecule has 1 N–H and O–H groups in total. The van der Waals surface area contributed by atoms with Crippen molar-refractivity contribution >= 4 is 56.4 Å². The number of aromatic nitrogens is 1. The molecular formula is C25H24BNO3S. The zero-order valence-electron chi connectivity index (χ0n) is 18.1. The van der Waals surface area contributed by atoms with Crippen LogP contribution in [0.25, 0.3) is 42.7 Å². The van der Waals surface area contributed by atoms with Crippen molar-refractivity contribution in [2.45, 2.75) is 38.9 Å². The van der Waals surface area contributed by atoms with Crippen molar-refractivity contribution in [2.75, 3.05) is 0 Å². The molecule has 0 fully saturated rings. The molecule has 0 unspecified atom stereocenters. The van der Waals surface area contributed by atoms with Gasteiger partial charge in [-0.25, -0.2) is 4.98 Å². The van der Waals surface area contributed by atoms with Crippen LogP contribution in [0.3, 0.4) is 0 Å². The van der Waals surface area contributed by atoms with Crippen LogP contribution < -0.4 is 5.46 Å². The molecule has 0 saturated heterocycles. The van der Waals surface area contributed by atoms with Crippen LogP contribution in [0.4, 0.5) is 0 Å². The predicted octanol–water partition coefficient (Wildman–Crippen LogP) is 5.41. The maximum Gasteiger partial charge on any atom is 0.309 e. The van der Waals surface area contributed by atoms with Crippen LogP contribution in [0, 0.1) is 0 Å². The summed E-state index contributed by atoms with van der Waals surface area (Å²) in [5.41, 5.74) is 3.21. The highest BCUT2D eigenvalue weighted by Crippen LogP contribution is 2.36. The lowest BCUT2D eigenvalue weighted by Gasteiger charge is -2.37. The SMILES string of the molecule is CC(C)(O)C(C)(C)OBc1ccc2c(c1)oc1cc3sc(-c4ccccc4)nc3cc12. The Balaban J connectivity index is 1.50. The Morgan fingerprint density at radius 3 is 2.42 bits per heavy atom. The molecule has 0 radical (unpaired) electrons. The summed E-state index contributed by atoms with van der Waals surface area (Å²) >= 11 is 1.68. The van der Waals surface area contributed by atoms with Gasteiger partial charge in [0.25, 0.3) is 0 Å². The number of furan rings is 1. The summed E-state index contributed by atoms with van der Waals surface area (Å²) in [6, 6.07) is 20.6. The second kappa shape index (κ2) is 7.19.